The Bertz CT molecular complexity index is 1820. The molecule has 0 aliphatic carbocycles. The molecule has 2 heterocycles. The van der Waals surface area contributed by atoms with E-state index in [0.29, 0.717) is 51.7 Å². The average Bonchev–Trinajstić information content (AvgIpc) is 3.56. The van der Waals surface area contributed by atoms with Crippen molar-refractivity contribution in [1.82, 2.24) is 30.5 Å². The summed E-state index contributed by atoms with van der Waals surface area (Å²) in [6, 6.07) is 7.14. The number of alkyl halides is 3. The standard InChI is InChI=1S/C31H36F3N7O6S/c1-30(2,3)47-29(45)35-13-7-6-8-20(26(44)46-5)37-24(42)16-36-25(43)17-9-12-22-21(14-17)38-27(41(22)4)40-28-39-19-11-10-18(31(32,33)34)15-23(19)48-28/h9-12,14-15,20H,6-8,13,16H2,1-5H3,(H,35,45)(H,36,43)(H,37,42)(H,38,39,40). The predicted molar refractivity (Wildman–Crippen MR) is 173 cm³/mol. The third kappa shape index (κ3) is 9.56. The lowest BCUT2D eigenvalue weighted by Crippen LogP contribution is -2.46. The molecule has 2 aromatic carbocycles. The molecule has 0 aliphatic rings. The van der Waals surface area contributed by atoms with Crippen molar-refractivity contribution in [1.29, 1.82) is 0 Å². The first-order chi connectivity index (χ1) is 22.5. The molecule has 258 valence electrons. The second-order valence-electron chi connectivity index (χ2n) is 11.8. The van der Waals surface area contributed by atoms with Crippen LogP contribution in [0.25, 0.3) is 21.3 Å². The molecule has 4 aromatic rings. The van der Waals surface area contributed by atoms with E-state index in [4.69, 9.17) is 9.47 Å². The zero-order valence-electron chi connectivity index (χ0n) is 26.9. The molecule has 0 saturated carbocycles. The lowest BCUT2D eigenvalue weighted by molar-refractivity contribution is -0.145. The third-order valence-electron chi connectivity index (χ3n) is 6.90. The van der Waals surface area contributed by atoms with Gasteiger partial charge in [0.15, 0.2) is 5.13 Å². The van der Waals surface area contributed by atoms with E-state index in [0.717, 1.165) is 23.5 Å². The van der Waals surface area contributed by atoms with Gasteiger partial charge in [0.1, 0.15) is 11.6 Å². The van der Waals surface area contributed by atoms with Crippen LogP contribution in [0.3, 0.4) is 0 Å². The first-order valence-electron chi connectivity index (χ1n) is 14.9. The molecular weight excluding hydrogens is 655 g/mol. The molecule has 2 aromatic heterocycles. The first kappa shape index (κ1) is 35.9. The van der Waals surface area contributed by atoms with Crippen molar-refractivity contribution in [3.63, 3.8) is 0 Å². The van der Waals surface area contributed by atoms with Crippen LogP contribution in [0, 0.1) is 0 Å². The highest BCUT2D eigenvalue weighted by Crippen LogP contribution is 2.35. The number of fused-ring (bicyclic) bond motifs is 2. The number of benzene rings is 2. The fraction of sp³-hybridized carbons (Fsp3) is 0.419. The number of alkyl carbamates (subject to hydrolysis) is 1. The number of aryl methyl sites for hydroxylation is 1. The Morgan fingerprint density at radius 1 is 0.979 bits per heavy atom. The SMILES string of the molecule is COC(=O)C(CCCCNC(=O)OC(C)(C)C)NC(=O)CNC(=O)c1ccc2c(c1)nc(Nc1nc3ccc(C(F)(F)F)cc3s1)n2C. The van der Waals surface area contributed by atoms with E-state index in [9.17, 15) is 32.3 Å². The lowest BCUT2D eigenvalue weighted by atomic mass is 10.1. The molecule has 0 saturated heterocycles. The van der Waals surface area contributed by atoms with E-state index >= 15 is 0 Å². The van der Waals surface area contributed by atoms with Crippen LogP contribution in [-0.4, -0.2) is 70.3 Å². The summed E-state index contributed by atoms with van der Waals surface area (Å²) in [5.74, 6) is -1.45. The van der Waals surface area contributed by atoms with Crippen LogP contribution in [-0.2, 0) is 32.3 Å². The number of imidazole rings is 1. The van der Waals surface area contributed by atoms with Crippen molar-refractivity contribution >= 4 is 67.5 Å². The third-order valence-corrected chi connectivity index (χ3v) is 7.83. The van der Waals surface area contributed by atoms with Gasteiger partial charge in [0.25, 0.3) is 5.91 Å². The smallest absolute Gasteiger partial charge is 0.416 e. The second kappa shape index (κ2) is 14.9. The Hall–Kier alpha value is -4.93. The minimum Gasteiger partial charge on any atom is -0.467 e. The van der Waals surface area contributed by atoms with Crippen LogP contribution < -0.4 is 21.3 Å². The van der Waals surface area contributed by atoms with Gasteiger partial charge in [0.2, 0.25) is 11.9 Å². The molecule has 1 atom stereocenters. The van der Waals surface area contributed by atoms with Gasteiger partial charge in [0.05, 0.1) is 40.5 Å². The number of nitrogens with one attached hydrogen (secondary N) is 4. The van der Waals surface area contributed by atoms with Gasteiger partial charge >= 0.3 is 18.2 Å². The van der Waals surface area contributed by atoms with Crippen LogP contribution in [0.5, 0.6) is 0 Å². The molecule has 0 aliphatic heterocycles. The summed E-state index contributed by atoms with van der Waals surface area (Å²) in [4.78, 5) is 58.3. The zero-order valence-corrected chi connectivity index (χ0v) is 27.7. The lowest BCUT2D eigenvalue weighted by Gasteiger charge is -2.20. The van der Waals surface area contributed by atoms with Gasteiger partial charge in [-0.05, 0) is 76.4 Å². The monoisotopic (exact) mass is 691 g/mol. The molecule has 4 rings (SSSR count). The van der Waals surface area contributed by atoms with Gasteiger partial charge in [-0.2, -0.15) is 13.2 Å². The highest BCUT2D eigenvalue weighted by atomic mass is 32.1. The maximum atomic E-state index is 13.1. The summed E-state index contributed by atoms with van der Waals surface area (Å²) in [6.07, 6.45) is -3.75. The Balaban J connectivity index is 1.31. The van der Waals surface area contributed by atoms with Crippen LogP contribution in [0.15, 0.2) is 36.4 Å². The van der Waals surface area contributed by atoms with Gasteiger partial charge in [-0.15, -0.1) is 0 Å². The van der Waals surface area contributed by atoms with E-state index in [1.54, 1.807) is 44.5 Å². The molecule has 48 heavy (non-hydrogen) atoms. The van der Waals surface area contributed by atoms with Crippen LogP contribution in [0.1, 0.15) is 56.0 Å². The number of halogens is 3. The Morgan fingerprint density at radius 3 is 2.42 bits per heavy atom. The molecule has 0 radical (unpaired) electrons. The maximum Gasteiger partial charge on any atom is 0.416 e. The molecule has 4 N–H and O–H groups in total. The Labute approximate surface area is 277 Å². The number of thiazole rings is 1. The number of nitrogens with zero attached hydrogens (tertiary/aromatic N) is 3. The summed E-state index contributed by atoms with van der Waals surface area (Å²) in [7, 11) is 2.93. The number of hydrogen-bond acceptors (Lipinski definition) is 10. The van der Waals surface area contributed by atoms with Gasteiger partial charge in [0, 0.05) is 19.2 Å². The highest BCUT2D eigenvalue weighted by Gasteiger charge is 2.31. The number of unbranched alkanes of at least 4 members (excludes halogenated alkanes) is 1. The molecule has 17 heteroatoms. The van der Waals surface area contributed by atoms with Gasteiger partial charge in [-0.1, -0.05) is 11.3 Å². The maximum absolute atomic E-state index is 13.1. The number of aromatic nitrogens is 3. The number of rotatable bonds is 12. The minimum atomic E-state index is -4.47. The van der Waals surface area contributed by atoms with Gasteiger partial charge < -0.3 is 35.3 Å². The number of hydrogen-bond donors (Lipinski definition) is 4. The molecule has 13 nitrogen and oxygen atoms in total. The average molecular weight is 692 g/mol. The number of esters is 1. The van der Waals surface area contributed by atoms with Crippen molar-refractivity contribution in [3.05, 3.63) is 47.5 Å². The van der Waals surface area contributed by atoms with Crippen LogP contribution in [0.4, 0.5) is 29.0 Å². The zero-order chi connectivity index (χ0) is 35.2. The number of methoxy groups -OCH3 is 1. The molecule has 0 fully saturated rings. The van der Waals surface area contributed by atoms with Gasteiger partial charge in [-0.3, -0.25) is 9.59 Å². The molecule has 3 amide bonds. The van der Waals surface area contributed by atoms with Gasteiger partial charge in [-0.25, -0.2) is 19.6 Å². The highest BCUT2D eigenvalue weighted by molar-refractivity contribution is 7.22. The fourth-order valence-electron chi connectivity index (χ4n) is 4.58. The second-order valence-corrected chi connectivity index (χ2v) is 12.8. The van der Waals surface area contributed by atoms with Crippen LogP contribution >= 0.6 is 11.3 Å². The van der Waals surface area contributed by atoms with E-state index in [1.807, 2.05) is 0 Å². The van der Waals surface area contributed by atoms with Crippen molar-refractivity contribution in [2.75, 3.05) is 25.5 Å². The molecule has 0 bridgehead atoms. The molecule has 0 spiro atoms. The quantitative estimate of drug-likeness (QED) is 0.118. The normalized spacial score (nSPS) is 12.4. The van der Waals surface area contributed by atoms with E-state index in [1.165, 1.54) is 19.2 Å². The number of anilines is 2. The number of carbonyl (C=O) groups excluding carboxylic acids is 4. The summed E-state index contributed by atoms with van der Waals surface area (Å²) in [6.45, 7) is 5.17. The minimum absolute atomic E-state index is 0.224. The van der Waals surface area contributed by atoms with Crippen molar-refractivity contribution in [2.45, 2.75) is 57.9 Å². The topological polar surface area (TPSA) is 166 Å². The van der Waals surface area contributed by atoms with Crippen LogP contribution in [0.2, 0.25) is 0 Å². The Morgan fingerprint density at radius 2 is 1.73 bits per heavy atom. The largest absolute Gasteiger partial charge is 0.467 e. The number of ether oxygens (including phenoxy) is 2. The summed E-state index contributed by atoms with van der Waals surface area (Å²) in [5, 5.41) is 11.1. The summed E-state index contributed by atoms with van der Waals surface area (Å²) in [5.41, 5.74) is 0.356. The molecular formula is C31H36F3N7O6S. The van der Waals surface area contributed by atoms with Crippen molar-refractivity contribution in [2.24, 2.45) is 7.05 Å². The Kier molecular flexibility index (Phi) is 11.1. The van der Waals surface area contributed by atoms with E-state index < -0.39 is 53.8 Å². The summed E-state index contributed by atoms with van der Waals surface area (Å²) >= 11 is 1.05. The van der Waals surface area contributed by atoms with Crippen molar-refractivity contribution < 1.29 is 41.8 Å². The predicted octanol–water partition coefficient (Wildman–Crippen LogP) is 5.03. The fourth-order valence-corrected chi connectivity index (χ4v) is 5.48. The van der Waals surface area contributed by atoms with Crippen molar-refractivity contribution in [3.8, 4) is 0 Å². The summed E-state index contributed by atoms with van der Waals surface area (Å²) < 4.78 is 51.3. The molecule has 1 unspecified atom stereocenters. The van der Waals surface area contributed by atoms with E-state index in [-0.39, 0.29) is 12.0 Å². The van der Waals surface area contributed by atoms with E-state index in [2.05, 4.69) is 31.2 Å². The number of amides is 3. The first-order valence-corrected chi connectivity index (χ1v) is 15.7. The number of carbonyl (C=O) groups is 4.